The van der Waals surface area contributed by atoms with Gasteiger partial charge in [0.05, 0.1) is 16.7 Å². The molecule has 2 heteroatoms. The maximum absolute atomic E-state index is 2.41. The molecule has 9 aromatic carbocycles. The molecule has 264 valence electrons. The molecular formula is C54H38N2. The summed E-state index contributed by atoms with van der Waals surface area (Å²) in [5, 5.41) is 2.47. The highest BCUT2D eigenvalue weighted by atomic mass is 15.1. The van der Waals surface area contributed by atoms with Gasteiger partial charge in [-0.25, -0.2) is 0 Å². The first kappa shape index (κ1) is 33.2. The molecule has 0 atom stereocenters. The molecule has 10 aromatic rings. The molecule has 0 unspecified atom stereocenters. The van der Waals surface area contributed by atoms with Gasteiger partial charge >= 0.3 is 0 Å². The Bertz CT molecular complexity index is 2910. The fourth-order valence-corrected chi connectivity index (χ4v) is 8.06. The van der Waals surface area contributed by atoms with Crippen LogP contribution in [0.4, 0.5) is 17.1 Å². The molecular weight excluding hydrogens is 677 g/mol. The fourth-order valence-electron chi connectivity index (χ4n) is 8.06. The molecule has 0 spiro atoms. The highest BCUT2D eigenvalue weighted by molar-refractivity contribution is 6.10. The van der Waals surface area contributed by atoms with E-state index >= 15 is 0 Å². The molecule has 2 nitrogen and oxygen atoms in total. The van der Waals surface area contributed by atoms with E-state index in [2.05, 4.69) is 240 Å². The average molecular weight is 715 g/mol. The zero-order valence-corrected chi connectivity index (χ0v) is 30.8. The molecule has 0 radical (unpaired) electrons. The summed E-state index contributed by atoms with van der Waals surface area (Å²) in [6, 6.07) is 83.1. The Kier molecular flexibility index (Phi) is 8.55. The third-order valence-electron chi connectivity index (χ3n) is 10.8. The third kappa shape index (κ3) is 6.14. The van der Waals surface area contributed by atoms with Crippen LogP contribution in [0.3, 0.4) is 0 Å². The van der Waals surface area contributed by atoms with Gasteiger partial charge in [-0.15, -0.1) is 0 Å². The minimum atomic E-state index is 1.09. The summed E-state index contributed by atoms with van der Waals surface area (Å²) in [4.78, 5) is 2.41. The van der Waals surface area contributed by atoms with E-state index in [0.29, 0.717) is 0 Å². The van der Waals surface area contributed by atoms with Crippen molar-refractivity contribution in [1.29, 1.82) is 0 Å². The van der Waals surface area contributed by atoms with Crippen molar-refractivity contribution in [3.63, 3.8) is 0 Å². The first-order chi connectivity index (χ1) is 27.8. The average Bonchev–Trinajstić information content (AvgIpc) is 3.62. The Balaban J connectivity index is 1.17. The summed E-state index contributed by atoms with van der Waals surface area (Å²) in [6.45, 7) is 0. The second-order valence-electron chi connectivity index (χ2n) is 14.2. The highest BCUT2D eigenvalue weighted by Gasteiger charge is 2.21. The number of benzene rings is 9. The third-order valence-corrected chi connectivity index (χ3v) is 10.8. The first-order valence-electron chi connectivity index (χ1n) is 19.2. The summed E-state index contributed by atoms with van der Waals surface area (Å²) >= 11 is 0. The van der Waals surface area contributed by atoms with Gasteiger partial charge < -0.3 is 9.47 Å². The number of aromatic nitrogens is 1. The largest absolute Gasteiger partial charge is 0.310 e. The molecule has 1 heterocycles. The second-order valence-corrected chi connectivity index (χ2v) is 14.2. The van der Waals surface area contributed by atoms with Gasteiger partial charge in [0.1, 0.15) is 0 Å². The Labute approximate surface area is 327 Å². The molecule has 56 heavy (non-hydrogen) atoms. The van der Waals surface area contributed by atoms with E-state index in [1.165, 1.54) is 55.2 Å². The fraction of sp³-hybridized carbons (Fsp3) is 0. The lowest BCUT2D eigenvalue weighted by Gasteiger charge is -2.28. The van der Waals surface area contributed by atoms with Crippen molar-refractivity contribution in [3.05, 3.63) is 231 Å². The van der Waals surface area contributed by atoms with E-state index in [-0.39, 0.29) is 0 Å². The predicted octanol–water partition coefficient (Wildman–Crippen LogP) is 14.9. The maximum atomic E-state index is 2.41. The van der Waals surface area contributed by atoms with Gasteiger partial charge in [-0.05, 0) is 93.5 Å². The van der Waals surface area contributed by atoms with E-state index in [9.17, 15) is 0 Å². The lowest BCUT2D eigenvalue weighted by Crippen LogP contribution is -2.11. The van der Waals surface area contributed by atoms with Crippen molar-refractivity contribution in [1.82, 2.24) is 4.57 Å². The molecule has 0 bridgehead atoms. The Morgan fingerprint density at radius 1 is 0.286 bits per heavy atom. The van der Waals surface area contributed by atoms with E-state index in [4.69, 9.17) is 0 Å². The zero-order chi connectivity index (χ0) is 37.3. The topological polar surface area (TPSA) is 8.17 Å². The van der Waals surface area contributed by atoms with E-state index < -0.39 is 0 Å². The van der Waals surface area contributed by atoms with Crippen molar-refractivity contribution in [3.8, 4) is 50.2 Å². The van der Waals surface area contributed by atoms with Gasteiger partial charge in [0.25, 0.3) is 0 Å². The molecule has 1 aromatic heterocycles. The number of hydrogen-bond acceptors (Lipinski definition) is 1. The van der Waals surface area contributed by atoms with Crippen LogP contribution in [0.25, 0.3) is 72.0 Å². The molecule has 0 aliphatic carbocycles. The highest BCUT2D eigenvalue weighted by Crippen LogP contribution is 2.45. The van der Waals surface area contributed by atoms with Crippen LogP contribution >= 0.6 is 0 Å². The van der Waals surface area contributed by atoms with Crippen LogP contribution in [-0.2, 0) is 0 Å². The van der Waals surface area contributed by atoms with Gasteiger partial charge in [0, 0.05) is 33.4 Å². The standard InChI is InChI=1S/C54H38N2/c1-5-15-39(16-6-1)41-25-27-43(28-26-41)45-33-36-53(51(37-45)44-31-29-42(30-32-44)40-17-7-2-8-18-40)55(46-19-9-3-10-20-46)48-34-35-50-49-23-13-14-24-52(49)56(54(50)38-48)47-21-11-4-12-22-47/h1-38H. The molecule has 10 rings (SSSR count). The van der Waals surface area contributed by atoms with Gasteiger partial charge in [0.2, 0.25) is 0 Å². The quantitative estimate of drug-likeness (QED) is 0.152. The first-order valence-corrected chi connectivity index (χ1v) is 19.2. The molecule has 0 N–H and O–H groups in total. The Morgan fingerprint density at radius 3 is 1.38 bits per heavy atom. The maximum Gasteiger partial charge on any atom is 0.0561 e. The van der Waals surface area contributed by atoms with Gasteiger partial charge in [-0.1, -0.05) is 176 Å². The van der Waals surface area contributed by atoms with Crippen LogP contribution in [0.15, 0.2) is 231 Å². The van der Waals surface area contributed by atoms with Gasteiger partial charge in [0.15, 0.2) is 0 Å². The summed E-state index contributed by atoms with van der Waals surface area (Å²) in [6.07, 6.45) is 0. The van der Waals surface area contributed by atoms with Crippen LogP contribution in [0.2, 0.25) is 0 Å². The normalized spacial score (nSPS) is 11.2. The molecule has 0 aliphatic rings. The van der Waals surface area contributed by atoms with E-state index in [0.717, 1.165) is 33.9 Å². The van der Waals surface area contributed by atoms with Crippen LogP contribution in [0.5, 0.6) is 0 Å². The monoisotopic (exact) mass is 714 g/mol. The molecule has 0 aliphatic heterocycles. The summed E-state index contributed by atoms with van der Waals surface area (Å²) in [5.41, 5.74) is 16.3. The number of fused-ring (bicyclic) bond motifs is 3. The van der Waals surface area contributed by atoms with Crippen LogP contribution in [-0.4, -0.2) is 4.57 Å². The molecule has 0 fully saturated rings. The number of anilines is 3. The van der Waals surface area contributed by atoms with E-state index in [1.54, 1.807) is 0 Å². The van der Waals surface area contributed by atoms with Crippen molar-refractivity contribution >= 4 is 38.9 Å². The van der Waals surface area contributed by atoms with Crippen molar-refractivity contribution < 1.29 is 0 Å². The number of rotatable bonds is 8. The number of hydrogen-bond donors (Lipinski definition) is 0. The van der Waals surface area contributed by atoms with Crippen molar-refractivity contribution in [2.24, 2.45) is 0 Å². The van der Waals surface area contributed by atoms with Gasteiger partial charge in [-0.3, -0.25) is 0 Å². The smallest absolute Gasteiger partial charge is 0.0561 e. The Hall–Kier alpha value is -7.42. The SMILES string of the molecule is c1ccc(-c2ccc(-c3ccc(N(c4ccccc4)c4ccc5c6ccccc6n(-c6ccccc6)c5c4)c(-c4ccc(-c5ccccc5)cc4)c3)cc2)cc1. The van der Waals surface area contributed by atoms with Crippen LogP contribution in [0.1, 0.15) is 0 Å². The number of para-hydroxylation sites is 3. The van der Waals surface area contributed by atoms with Crippen LogP contribution in [0, 0.1) is 0 Å². The lowest BCUT2D eigenvalue weighted by atomic mass is 9.94. The summed E-state index contributed by atoms with van der Waals surface area (Å²) in [7, 11) is 0. The number of nitrogens with zero attached hydrogens (tertiary/aromatic N) is 2. The van der Waals surface area contributed by atoms with Crippen molar-refractivity contribution in [2.45, 2.75) is 0 Å². The molecule has 0 amide bonds. The lowest BCUT2D eigenvalue weighted by molar-refractivity contribution is 1.18. The summed E-state index contributed by atoms with van der Waals surface area (Å²) in [5.74, 6) is 0. The van der Waals surface area contributed by atoms with Crippen LogP contribution < -0.4 is 4.90 Å². The minimum absolute atomic E-state index is 1.09. The summed E-state index contributed by atoms with van der Waals surface area (Å²) < 4.78 is 2.39. The Morgan fingerprint density at radius 2 is 0.750 bits per heavy atom. The second kappa shape index (κ2) is 14.4. The molecule has 0 saturated heterocycles. The molecule has 0 saturated carbocycles. The van der Waals surface area contributed by atoms with Gasteiger partial charge in [-0.2, -0.15) is 0 Å². The van der Waals surface area contributed by atoms with E-state index in [1.807, 2.05) is 0 Å². The minimum Gasteiger partial charge on any atom is -0.310 e. The predicted molar refractivity (Wildman–Crippen MR) is 237 cm³/mol. The van der Waals surface area contributed by atoms with Crippen molar-refractivity contribution in [2.75, 3.05) is 4.90 Å². The zero-order valence-electron chi connectivity index (χ0n) is 30.8.